The second kappa shape index (κ2) is 8.55. The highest BCUT2D eigenvalue weighted by molar-refractivity contribution is 7.92. The predicted molar refractivity (Wildman–Crippen MR) is 124 cm³/mol. The smallest absolute Gasteiger partial charge is 0.232 e. The van der Waals surface area contributed by atoms with Crippen LogP contribution in [-0.4, -0.2) is 49.8 Å². The third kappa shape index (κ3) is 4.49. The van der Waals surface area contributed by atoms with E-state index in [-0.39, 0.29) is 17.7 Å². The molecule has 1 aliphatic heterocycles. The van der Waals surface area contributed by atoms with Crippen molar-refractivity contribution in [3.63, 3.8) is 0 Å². The number of nitrogens with zero attached hydrogens (tertiary/aromatic N) is 2. The Balaban J connectivity index is 1.39. The van der Waals surface area contributed by atoms with Crippen LogP contribution in [0.3, 0.4) is 0 Å². The highest BCUT2D eigenvalue weighted by Crippen LogP contribution is 2.35. The number of carbonyl (C=O) groups excluding carboxylic acids is 1. The van der Waals surface area contributed by atoms with Gasteiger partial charge in [-0.25, -0.2) is 13.4 Å². The number of fused-ring (bicyclic) bond motifs is 1. The van der Waals surface area contributed by atoms with Crippen molar-refractivity contribution in [2.45, 2.75) is 31.7 Å². The molecule has 1 amide bonds. The number of aromatic amines is 1. The van der Waals surface area contributed by atoms with Crippen LogP contribution in [0, 0.1) is 5.92 Å². The van der Waals surface area contributed by atoms with Gasteiger partial charge in [-0.05, 0) is 67.0 Å². The molecule has 2 aromatic heterocycles. The molecule has 3 heterocycles. The molecular formula is C23H26N4O4S. The molecule has 2 fully saturated rings. The van der Waals surface area contributed by atoms with E-state index in [0.717, 1.165) is 48.6 Å². The Morgan fingerprint density at radius 3 is 2.56 bits per heavy atom. The van der Waals surface area contributed by atoms with E-state index in [1.807, 2.05) is 30.5 Å². The van der Waals surface area contributed by atoms with Gasteiger partial charge in [0.25, 0.3) is 0 Å². The van der Waals surface area contributed by atoms with E-state index in [1.165, 1.54) is 0 Å². The lowest BCUT2D eigenvalue weighted by molar-refractivity contribution is -0.107. The standard InChI is InChI=1S/C23H26N4O4S/c28-15-27(19-5-6-19)22-13-21(20-7-10-24-23(20)25-22)17-1-3-18(4-2-17)26-32(29,30)14-16-8-11-31-12-9-16/h1-4,7,10,13,15-16,19,26H,5-6,8-9,11-12,14H2,(H,24,25). The van der Waals surface area contributed by atoms with Crippen LogP contribution in [-0.2, 0) is 19.6 Å². The molecule has 32 heavy (non-hydrogen) atoms. The first-order valence-electron chi connectivity index (χ1n) is 10.9. The summed E-state index contributed by atoms with van der Waals surface area (Å²) in [7, 11) is -3.43. The summed E-state index contributed by atoms with van der Waals surface area (Å²) in [5.41, 5.74) is 3.11. The predicted octanol–water partition coefficient (Wildman–Crippen LogP) is 3.52. The number of hydrogen-bond acceptors (Lipinski definition) is 5. The highest BCUT2D eigenvalue weighted by atomic mass is 32.2. The molecule has 0 radical (unpaired) electrons. The van der Waals surface area contributed by atoms with E-state index in [4.69, 9.17) is 4.74 Å². The van der Waals surface area contributed by atoms with Crippen molar-refractivity contribution in [3.05, 3.63) is 42.6 Å². The molecule has 0 unspecified atom stereocenters. The van der Waals surface area contributed by atoms with Crippen LogP contribution in [0.2, 0.25) is 0 Å². The van der Waals surface area contributed by atoms with E-state index >= 15 is 0 Å². The number of carbonyl (C=O) groups is 1. The molecule has 1 saturated heterocycles. The summed E-state index contributed by atoms with van der Waals surface area (Å²) in [5, 5.41) is 0.947. The molecule has 5 rings (SSSR count). The quantitative estimate of drug-likeness (QED) is 0.507. The maximum absolute atomic E-state index is 12.6. The average molecular weight is 455 g/mol. The van der Waals surface area contributed by atoms with E-state index < -0.39 is 10.0 Å². The normalized spacial score (nSPS) is 17.4. The second-order valence-corrected chi connectivity index (χ2v) is 10.3. The molecule has 9 heteroatoms. The van der Waals surface area contributed by atoms with Crippen molar-refractivity contribution < 1.29 is 17.9 Å². The largest absolute Gasteiger partial charge is 0.381 e. The van der Waals surface area contributed by atoms with Crippen molar-refractivity contribution in [2.24, 2.45) is 5.92 Å². The van der Waals surface area contributed by atoms with Crippen LogP contribution in [0.15, 0.2) is 42.6 Å². The fraction of sp³-hybridized carbons (Fsp3) is 0.391. The van der Waals surface area contributed by atoms with Gasteiger partial charge in [0.2, 0.25) is 16.4 Å². The highest BCUT2D eigenvalue weighted by Gasteiger charge is 2.30. The number of H-pyrrole nitrogens is 1. The Labute approximate surface area is 187 Å². The minimum atomic E-state index is -3.43. The summed E-state index contributed by atoms with van der Waals surface area (Å²) in [6, 6.07) is 11.4. The van der Waals surface area contributed by atoms with Gasteiger partial charge in [0.15, 0.2) is 0 Å². The van der Waals surface area contributed by atoms with Crippen molar-refractivity contribution in [2.75, 3.05) is 28.6 Å². The Bertz CT molecular complexity index is 1210. The topological polar surface area (TPSA) is 104 Å². The summed E-state index contributed by atoms with van der Waals surface area (Å²) < 4.78 is 33.2. The van der Waals surface area contributed by atoms with Gasteiger partial charge in [-0.1, -0.05) is 12.1 Å². The molecule has 1 aromatic carbocycles. The zero-order valence-corrected chi connectivity index (χ0v) is 18.5. The van der Waals surface area contributed by atoms with Crippen LogP contribution >= 0.6 is 0 Å². The number of anilines is 2. The maximum atomic E-state index is 12.6. The molecule has 2 N–H and O–H groups in total. The summed E-state index contributed by atoms with van der Waals surface area (Å²) in [5.74, 6) is 0.858. The summed E-state index contributed by atoms with van der Waals surface area (Å²) in [6.45, 7) is 1.25. The number of amides is 1. The Hall–Kier alpha value is -2.91. The number of aromatic nitrogens is 2. The number of benzene rings is 1. The average Bonchev–Trinajstić information content (AvgIpc) is 3.50. The monoisotopic (exact) mass is 454 g/mol. The third-order valence-electron chi connectivity index (χ3n) is 6.10. The van der Waals surface area contributed by atoms with Gasteiger partial charge in [-0.3, -0.25) is 14.4 Å². The van der Waals surface area contributed by atoms with Gasteiger partial charge in [0.1, 0.15) is 11.5 Å². The zero-order chi connectivity index (χ0) is 22.1. The van der Waals surface area contributed by atoms with E-state index in [1.54, 1.807) is 17.0 Å². The Kier molecular flexibility index (Phi) is 5.60. The minimum absolute atomic E-state index is 0.110. The van der Waals surface area contributed by atoms with Gasteiger partial charge in [-0.15, -0.1) is 0 Å². The molecule has 168 valence electrons. The van der Waals surface area contributed by atoms with Crippen molar-refractivity contribution >= 4 is 39.0 Å². The van der Waals surface area contributed by atoms with Gasteiger partial charge >= 0.3 is 0 Å². The molecule has 1 aliphatic carbocycles. The number of rotatable bonds is 8. The van der Waals surface area contributed by atoms with Crippen molar-refractivity contribution in [1.29, 1.82) is 0 Å². The Morgan fingerprint density at radius 2 is 1.88 bits per heavy atom. The second-order valence-electron chi connectivity index (χ2n) is 8.53. The van der Waals surface area contributed by atoms with E-state index in [9.17, 15) is 13.2 Å². The third-order valence-corrected chi connectivity index (χ3v) is 7.56. The molecule has 0 atom stereocenters. The van der Waals surface area contributed by atoms with Gasteiger partial charge in [-0.2, -0.15) is 0 Å². The van der Waals surface area contributed by atoms with Crippen molar-refractivity contribution in [1.82, 2.24) is 9.97 Å². The molecule has 3 aromatic rings. The zero-order valence-electron chi connectivity index (χ0n) is 17.7. The minimum Gasteiger partial charge on any atom is -0.381 e. The number of nitrogens with one attached hydrogen (secondary N) is 2. The fourth-order valence-electron chi connectivity index (χ4n) is 4.24. The number of ether oxygens (including phenoxy) is 1. The van der Waals surface area contributed by atoms with Crippen LogP contribution in [0.1, 0.15) is 25.7 Å². The van der Waals surface area contributed by atoms with Gasteiger partial charge in [0.05, 0.1) is 5.75 Å². The Morgan fingerprint density at radius 1 is 1.12 bits per heavy atom. The van der Waals surface area contributed by atoms with Gasteiger partial charge in [0, 0.05) is 36.5 Å². The van der Waals surface area contributed by atoms with Crippen LogP contribution in [0.4, 0.5) is 11.5 Å². The van der Waals surface area contributed by atoms with Crippen molar-refractivity contribution in [3.8, 4) is 11.1 Å². The number of hydrogen-bond donors (Lipinski definition) is 2. The number of sulfonamides is 1. The van der Waals surface area contributed by atoms with E-state index in [2.05, 4.69) is 14.7 Å². The first-order valence-corrected chi connectivity index (χ1v) is 12.6. The summed E-state index contributed by atoms with van der Waals surface area (Å²) >= 11 is 0. The molecule has 0 bridgehead atoms. The van der Waals surface area contributed by atoms with E-state index in [0.29, 0.717) is 30.4 Å². The number of pyridine rings is 1. The lowest BCUT2D eigenvalue weighted by Crippen LogP contribution is -2.27. The molecule has 1 saturated carbocycles. The first-order chi connectivity index (χ1) is 15.5. The maximum Gasteiger partial charge on any atom is 0.232 e. The first kappa shape index (κ1) is 21.0. The summed E-state index contributed by atoms with van der Waals surface area (Å²) in [6.07, 6.45) is 6.19. The molecule has 2 aliphatic rings. The van der Waals surface area contributed by atoms with Crippen LogP contribution in [0.25, 0.3) is 22.2 Å². The SMILES string of the molecule is O=CN(c1cc(-c2ccc(NS(=O)(=O)CC3CCOCC3)cc2)c2cc[nH]c2n1)C1CC1. The molecule has 8 nitrogen and oxygen atoms in total. The lowest BCUT2D eigenvalue weighted by Gasteiger charge is -2.22. The summed E-state index contributed by atoms with van der Waals surface area (Å²) in [4.78, 5) is 21.1. The molecular weight excluding hydrogens is 428 g/mol. The van der Waals surface area contributed by atoms with Crippen LogP contribution < -0.4 is 9.62 Å². The lowest BCUT2D eigenvalue weighted by atomic mass is 10.0. The fourth-order valence-corrected chi connectivity index (χ4v) is 5.77. The van der Waals surface area contributed by atoms with Crippen LogP contribution in [0.5, 0.6) is 0 Å². The van der Waals surface area contributed by atoms with Gasteiger partial charge < -0.3 is 9.72 Å². The molecule has 0 spiro atoms.